The molecule has 1 aliphatic rings. The van der Waals surface area contributed by atoms with Gasteiger partial charge in [-0.1, -0.05) is 60.7 Å². The van der Waals surface area contributed by atoms with Gasteiger partial charge in [-0.15, -0.1) is 0 Å². The molecule has 1 amide bonds. The van der Waals surface area contributed by atoms with E-state index in [0.29, 0.717) is 18.0 Å². The lowest BCUT2D eigenvalue weighted by Gasteiger charge is -2.27. The topological polar surface area (TPSA) is 41.1 Å². The van der Waals surface area contributed by atoms with Crippen LogP contribution in [0.1, 0.15) is 11.1 Å². The highest BCUT2D eigenvalue weighted by molar-refractivity contribution is 7.80. The zero-order valence-corrected chi connectivity index (χ0v) is 12.3. The van der Waals surface area contributed by atoms with E-state index in [4.69, 9.17) is 12.2 Å². The Labute approximate surface area is 129 Å². The fourth-order valence-corrected chi connectivity index (χ4v) is 3.02. The van der Waals surface area contributed by atoms with Crippen LogP contribution in [0.5, 0.6) is 0 Å². The lowest BCUT2D eigenvalue weighted by Crippen LogP contribution is -2.50. The third-order valence-electron chi connectivity index (χ3n) is 3.71. The van der Waals surface area contributed by atoms with E-state index in [0.717, 1.165) is 11.1 Å². The normalized spacial score (nSPS) is 16.4. The Morgan fingerprint density at radius 1 is 0.857 bits per heavy atom. The van der Waals surface area contributed by atoms with Crippen LogP contribution in [0.2, 0.25) is 0 Å². The van der Waals surface area contributed by atoms with E-state index in [9.17, 15) is 4.79 Å². The van der Waals surface area contributed by atoms with Crippen LogP contribution in [0.15, 0.2) is 60.7 Å². The standard InChI is InChI=1S/C17H16N2OS/c20-15-17(19-16(21)18-15,11-13-7-3-1-4-8-13)12-14-9-5-2-6-10-14/h1-10H,11-12H2,(H2,18,19,20,21). The molecule has 3 rings (SSSR count). The number of hydrogen-bond donors (Lipinski definition) is 2. The number of amides is 1. The lowest BCUT2D eigenvalue weighted by atomic mass is 9.85. The molecule has 1 fully saturated rings. The van der Waals surface area contributed by atoms with Gasteiger partial charge in [0.25, 0.3) is 5.91 Å². The molecule has 0 spiro atoms. The van der Waals surface area contributed by atoms with Gasteiger partial charge in [0, 0.05) is 12.8 Å². The van der Waals surface area contributed by atoms with Gasteiger partial charge >= 0.3 is 0 Å². The molecule has 21 heavy (non-hydrogen) atoms. The summed E-state index contributed by atoms with van der Waals surface area (Å²) >= 11 is 5.13. The molecule has 0 atom stereocenters. The summed E-state index contributed by atoms with van der Waals surface area (Å²) in [5, 5.41) is 6.32. The molecule has 0 radical (unpaired) electrons. The van der Waals surface area contributed by atoms with Gasteiger partial charge in [0.05, 0.1) is 0 Å². The van der Waals surface area contributed by atoms with E-state index >= 15 is 0 Å². The highest BCUT2D eigenvalue weighted by atomic mass is 32.1. The van der Waals surface area contributed by atoms with Gasteiger partial charge in [0.1, 0.15) is 5.54 Å². The van der Waals surface area contributed by atoms with Gasteiger partial charge in [0.15, 0.2) is 5.11 Å². The van der Waals surface area contributed by atoms with Crippen molar-refractivity contribution < 1.29 is 4.79 Å². The van der Waals surface area contributed by atoms with Crippen LogP contribution in [0.3, 0.4) is 0 Å². The van der Waals surface area contributed by atoms with Gasteiger partial charge < -0.3 is 10.6 Å². The number of benzene rings is 2. The number of nitrogens with one attached hydrogen (secondary N) is 2. The molecule has 0 bridgehead atoms. The molecule has 4 heteroatoms. The quantitative estimate of drug-likeness (QED) is 0.850. The van der Waals surface area contributed by atoms with E-state index in [-0.39, 0.29) is 5.91 Å². The monoisotopic (exact) mass is 296 g/mol. The van der Waals surface area contributed by atoms with Gasteiger partial charge in [-0.2, -0.15) is 0 Å². The first-order valence-corrected chi connectivity index (χ1v) is 7.30. The maximum Gasteiger partial charge on any atom is 0.252 e. The maximum absolute atomic E-state index is 12.5. The molecular formula is C17H16N2OS. The van der Waals surface area contributed by atoms with E-state index in [1.54, 1.807) is 0 Å². The van der Waals surface area contributed by atoms with Crippen LogP contribution in [-0.2, 0) is 17.6 Å². The van der Waals surface area contributed by atoms with Crippen molar-refractivity contribution in [1.82, 2.24) is 10.6 Å². The summed E-state index contributed by atoms with van der Waals surface area (Å²) in [5.41, 5.74) is 1.52. The summed E-state index contributed by atoms with van der Waals surface area (Å²) in [6.07, 6.45) is 1.21. The predicted molar refractivity (Wildman–Crippen MR) is 86.9 cm³/mol. The second-order valence-electron chi connectivity index (χ2n) is 5.32. The van der Waals surface area contributed by atoms with Crippen molar-refractivity contribution >= 4 is 23.2 Å². The number of thiocarbonyl (C=S) groups is 1. The van der Waals surface area contributed by atoms with Gasteiger partial charge in [-0.05, 0) is 23.3 Å². The largest absolute Gasteiger partial charge is 0.348 e. The maximum atomic E-state index is 12.5. The molecule has 2 aromatic rings. The number of carbonyl (C=O) groups is 1. The van der Waals surface area contributed by atoms with Gasteiger partial charge in [-0.25, -0.2) is 0 Å². The smallest absolute Gasteiger partial charge is 0.252 e. The van der Waals surface area contributed by atoms with Crippen LogP contribution in [0.4, 0.5) is 0 Å². The first kappa shape index (κ1) is 13.8. The molecule has 0 unspecified atom stereocenters. The number of carbonyl (C=O) groups excluding carboxylic acids is 1. The van der Waals surface area contributed by atoms with Crippen molar-refractivity contribution in [2.45, 2.75) is 18.4 Å². The average Bonchev–Trinajstić information content (AvgIpc) is 2.75. The first-order valence-electron chi connectivity index (χ1n) is 6.89. The van der Waals surface area contributed by atoms with E-state index in [1.165, 1.54) is 0 Å². The number of hydrogen-bond acceptors (Lipinski definition) is 2. The summed E-state index contributed by atoms with van der Waals surface area (Å²) in [6.45, 7) is 0. The second-order valence-corrected chi connectivity index (χ2v) is 5.72. The van der Waals surface area contributed by atoms with Crippen molar-refractivity contribution in [2.75, 3.05) is 0 Å². The minimum atomic E-state index is -0.709. The van der Waals surface area contributed by atoms with Crippen LogP contribution in [0, 0.1) is 0 Å². The molecule has 1 heterocycles. The third-order valence-corrected chi connectivity index (χ3v) is 3.92. The van der Waals surface area contributed by atoms with Crippen molar-refractivity contribution in [2.24, 2.45) is 0 Å². The Morgan fingerprint density at radius 2 is 1.33 bits per heavy atom. The highest BCUT2D eigenvalue weighted by Crippen LogP contribution is 2.23. The molecule has 0 saturated carbocycles. The lowest BCUT2D eigenvalue weighted by molar-refractivity contribution is -0.123. The highest BCUT2D eigenvalue weighted by Gasteiger charge is 2.44. The van der Waals surface area contributed by atoms with Gasteiger partial charge in [0.2, 0.25) is 0 Å². The Bertz CT molecular complexity index is 614. The van der Waals surface area contributed by atoms with E-state index in [1.807, 2.05) is 60.7 Å². The molecule has 3 nitrogen and oxygen atoms in total. The Hall–Kier alpha value is -2.20. The number of rotatable bonds is 4. The SMILES string of the molecule is O=C1NC(=S)NC1(Cc1ccccc1)Cc1ccccc1. The molecule has 1 saturated heterocycles. The third kappa shape index (κ3) is 2.95. The second kappa shape index (κ2) is 5.66. The van der Waals surface area contributed by atoms with Crippen LogP contribution < -0.4 is 10.6 Å². The summed E-state index contributed by atoms with van der Waals surface area (Å²) in [4.78, 5) is 12.5. The average molecular weight is 296 g/mol. The van der Waals surface area contributed by atoms with Crippen molar-refractivity contribution in [1.29, 1.82) is 0 Å². The fourth-order valence-electron chi connectivity index (χ4n) is 2.73. The molecule has 2 aromatic carbocycles. The minimum Gasteiger partial charge on any atom is -0.348 e. The molecule has 0 aliphatic carbocycles. The Morgan fingerprint density at radius 3 is 1.71 bits per heavy atom. The molecule has 106 valence electrons. The van der Waals surface area contributed by atoms with Crippen LogP contribution >= 0.6 is 12.2 Å². The first-order chi connectivity index (χ1) is 10.2. The fraction of sp³-hybridized carbons (Fsp3) is 0.176. The zero-order chi connectivity index (χ0) is 14.7. The molecular weight excluding hydrogens is 280 g/mol. The molecule has 0 aromatic heterocycles. The van der Waals surface area contributed by atoms with Crippen LogP contribution in [-0.4, -0.2) is 16.6 Å². The zero-order valence-electron chi connectivity index (χ0n) is 11.5. The van der Waals surface area contributed by atoms with Crippen molar-refractivity contribution in [3.63, 3.8) is 0 Å². The molecule has 2 N–H and O–H groups in total. The van der Waals surface area contributed by atoms with Crippen LogP contribution in [0.25, 0.3) is 0 Å². The van der Waals surface area contributed by atoms with E-state index in [2.05, 4.69) is 10.6 Å². The Kier molecular flexibility index (Phi) is 3.71. The predicted octanol–water partition coefficient (Wildman–Crippen LogP) is 2.21. The minimum absolute atomic E-state index is 0.0554. The summed E-state index contributed by atoms with van der Waals surface area (Å²) in [5.74, 6) is -0.0554. The van der Waals surface area contributed by atoms with Crippen molar-refractivity contribution in [3.8, 4) is 0 Å². The van der Waals surface area contributed by atoms with E-state index < -0.39 is 5.54 Å². The van der Waals surface area contributed by atoms with Gasteiger partial charge in [-0.3, -0.25) is 4.79 Å². The van der Waals surface area contributed by atoms with Crippen molar-refractivity contribution in [3.05, 3.63) is 71.8 Å². The molecule has 1 aliphatic heterocycles. The summed E-state index contributed by atoms with van der Waals surface area (Å²) in [6, 6.07) is 20.0. The summed E-state index contributed by atoms with van der Waals surface area (Å²) in [7, 11) is 0. The Balaban J connectivity index is 1.92. The summed E-state index contributed by atoms with van der Waals surface area (Å²) < 4.78 is 0.